The zero-order chi connectivity index (χ0) is 18.4. The lowest BCUT2D eigenvalue weighted by molar-refractivity contribution is -0.121. The Bertz CT molecular complexity index is 835. The first-order chi connectivity index (χ1) is 12.6. The van der Waals surface area contributed by atoms with E-state index < -0.39 is 0 Å². The SMILES string of the molecule is CC(C)C(Sc1ncn(-c2ccccc2)n1)C(=O)NCc1cccnc1. The zero-order valence-electron chi connectivity index (χ0n) is 14.7. The highest BCUT2D eigenvalue weighted by Gasteiger charge is 2.25. The number of hydrogen-bond acceptors (Lipinski definition) is 5. The summed E-state index contributed by atoms with van der Waals surface area (Å²) >= 11 is 1.38. The summed E-state index contributed by atoms with van der Waals surface area (Å²) in [7, 11) is 0. The molecule has 0 aliphatic carbocycles. The third-order valence-corrected chi connectivity index (χ3v) is 5.19. The summed E-state index contributed by atoms with van der Waals surface area (Å²) in [6, 6.07) is 13.6. The van der Waals surface area contributed by atoms with Crippen molar-refractivity contribution in [3.63, 3.8) is 0 Å². The summed E-state index contributed by atoms with van der Waals surface area (Å²) in [5.41, 5.74) is 1.91. The molecule has 0 aliphatic heterocycles. The molecule has 0 bridgehead atoms. The molecule has 2 aromatic heterocycles. The van der Waals surface area contributed by atoms with Crippen LogP contribution in [0.25, 0.3) is 5.69 Å². The van der Waals surface area contributed by atoms with E-state index >= 15 is 0 Å². The van der Waals surface area contributed by atoms with Gasteiger partial charge in [0.05, 0.1) is 10.9 Å². The van der Waals surface area contributed by atoms with Gasteiger partial charge in [-0.1, -0.05) is 49.9 Å². The van der Waals surface area contributed by atoms with Crippen molar-refractivity contribution in [2.45, 2.75) is 30.8 Å². The third kappa shape index (κ3) is 4.70. The van der Waals surface area contributed by atoms with E-state index in [0.29, 0.717) is 11.7 Å². The monoisotopic (exact) mass is 367 g/mol. The Labute approximate surface area is 157 Å². The summed E-state index contributed by atoms with van der Waals surface area (Å²) in [5, 5.41) is 7.78. The Morgan fingerprint density at radius 3 is 2.69 bits per heavy atom. The molecule has 6 nitrogen and oxygen atoms in total. The van der Waals surface area contributed by atoms with Gasteiger partial charge in [-0.2, -0.15) is 0 Å². The van der Waals surface area contributed by atoms with Gasteiger partial charge >= 0.3 is 0 Å². The standard InChI is InChI=1S/C19H21N5OS/c1-14(2)17(18(25)21-12-15-7-6-10-20-11-15)26-19-22-13-24(23-19)16-8-4-3-5-9-16/h3-11,13-14,17H,12H2,1-2H3,(H,21,25). The van der Waals surface area contributed by atoms with Crippen LogP contribution in [0.3, 0.4) is 0 Å². The molecule has 1 amide bonds. The Hall–Kier alpha value is -2.67. The number of benzene rings is 1. The van der Waals surface area contributed by atoms with Gasteiger partial charge in [0.2, 0.25) is 11.1 Å². The molecule has 7 heteroatoms. The zero-order valence-corrected chi connectivity index (χ0v) is 15.6. The lowest BCUT2D eigenvalue weighted by atomic mass is 10.1. The molecule has 3 aromatic rings. The van der Waals surface area contributed by atoms with E-state index in [2.05, 4.69) is 20.4 Å². The van der Waals surface area contributed by atoms with Crippen molar-refractivity contribution in [1.82, 2.24) is 25.1 Å². The maximum absolute atomic E-state index is 12.6. The van der Waals surface area contributed by atoms with Gasteiger partial charge < -0.3 is 5.32 Å². The van der Waals surface area contributed by atoms with Crippen LogP contribution in [0, 0.1) is 5.92 Å². The second-order valence-corrected chi connectivity index (χ2v) is 7.28. The smallest absolute Gasteiger partial charge is 0.234 e. The van der Waals surface area contributed by atoms with Crippen LogP contribution >= 0.6 is 11.8 Å². The van der Waals surface area contributed by atoms with Gasteiger partial charge in [0.1, 0.15) is 6.33 Å². The first kappa shape index (κ1) is 18.1. The summed E-state index contributed by atoms with van der Waals surface area (Å²) in [6.45, 7) is 4.51. The van der Waals surface area contributed by atoms with Crippen molar-refractivity contribution >= 4 is 17.7 Å². The Kier molecular flexibility index (Phi) is 6.01. The van der Waals surface area contributed by atoms with E-state index in [1.807, 2.05) is 56.3 Å². The van der Waals surface area contributed by atoms with E-state index in [0.717, 1.165) is 11.3 Å². The van der Waals surface area contributed by atoms with E-state index in [1.165, 1.54) is 11.8 Å². The van der Waals surface area contributed by atoms with Crippen LogP contribution in [-0.4, -0.2) is 30.9 Å². The minimum atomic E-state index is -0.265. The van der Waals surface area contributed by atoms with Crippen molar-refractivity contribution < 1.29 is 4.79 Å². The molecule has 0 saturated heterocycles. The number of para-hydroxylation sites is 1. The molecule has 0 radical (unpaired) electrons. The number of nitrogens with zero attached hydrogens (tertiary/aromatic N) is 4. The lowest BCUT2D eigenvalue weighted by Crippen LogP contribution is -2.35. The molecule has 0 spiro atoms. The van der Waals surface area contributed by atoms with Crippen LogP contribution < -0.4 is 5.32 Å². The molecule has 3 rings (SSSR count). The highest BCUT2D eigenvalue weighted by Crippen LogP contribution is 2.26. The molecule has 1 N–H and O–H groups in total. The van der Waals surface area contributed by atoms with Crippen LogP contribution in [0.15, 0.2) is 66.3 Å². The van der Waals surface area contributed by atoms with Gasteiger partial charge in [-0.3, -0.25) is 9.78 Å². The highest BCUT2D eigenvalue weighted by atomic mass is 32.2. The fraction of sp³-hybridized carbons (Fsp3) is 0.263. The molecular weight excluding hydrogens is 346 g/mol. The van der Waals surface area contributed by atoms with E-state index in [-0.39, 0.29) is 17.1 Å². The number of pyridine rings is 1. The highest BCUT2D eigenvalue weighted by molar-refractivity contribution is 8.00. The maximum atomic E-state index is 12.6. The first-order valence-electron chi connectivity index (χ1n) is 8.44. The predicted octanol–water partition coefficient (Wildman–Crippen LogP) is 3.10. The molecule has 1 atom stereocenters. The quantitative estimate of drug-likeness (QED) is 0.650. The second kappa shape index (κ2) is 8.62. The van der Waals surface area contributed by atoms with Crippen LogP contribution in [0.5, 0.6) is 0 Å². The van der Waals surface area contributed by atoms with Crippen molar-refractivity contribution in [1.29, 1.82) is 0 Å². The number of aromatic nitrogens is 4. The number of thioether (sulfide) groups is 1. The average molecular weight is 367 g/mol. The Morgan fingerprint density at radius 1 is 1.19 bits per heavy atom. The van der Waals surface area contributed by atoms with Crippen LogP contribution in [0.2, 0.25) is 0 Å². The number of rotatable bonds is 7. The maximum Gasteiger partial charge on any atom is 0.234 e. The molecule has 1 aromatic carbocycles. The second-order valence-electron chi connectivity index (χ2n) is 6.17. The molecule has 0 saturated carbocycles. The lowest BCUT2D eigenvalue weighted by Gasteiger charge is -2.18. The number of hydrogen-bond donors (Lipinski definition) is 1. The topological polar surface area (TPSA) is 72.7 Å². The van der Waals surface area contributed by atoms with E-state index in [9.17, 15) is 4.79 Å². The summed E-state index contributed by atoms with van der Waals surface area (Å²) in [4.78, 5) is 21.0. The van der Waals surface area contributed by atoms with Gasteiger partial charge in [0.15, 0.2) is 0 Å². The van der Waals surface area contributed by atoms with Gasteiger partial charge in [-0.05, 0) is 29.7 Å². The number of carbonyl (C=O) groups is 1. The first-order valence-corrected chi connectivity index (χ1v) is 9.32. The largest absolute Gasteiger partial charge is 0.351 e. The molecule has 0 aliphatic rings. The van der Waals surface area contributed by atoms with Crippen molar-refractivity contribution in [3.8, 4) is 5.69 Å². The number of nitrogens with one attached hydrogen (secondary N) is 1. The summed E-state index contributed by atoms with van der Waals surface area (Å²) < 4.78 is 1.72. The van der Waals surface area contributed by atoms with Crippen LogP contribution in [0.1, 0.15) is 19.4 Å². The van der Waals surface area contributed by atoms with E-state index in [1.54, 1.807) is 23.4 Å². The van der Waals surface area contributed by atoms with Crippen molar-refractivity contribution in [2.24, 2.45) is 5.92 Å². The molecule has 1 unspecified atom stereocenters. The number of carbonyl (C=O) groups excluding carboxylic acids is 1. The van der Waals surface area contributed by atoms with Crippen molar-refractivity contribution in [3.05, 3.63) is 66.7 Å². The predicted molar refractivity (Wildman–Crippen MR) is 102 cm³/mol. The normalized spacial score (nSPS) is 12.1. The summed E-state index contributed by atoms with van der Waals surface area (Å²) in [6.07, 6.45) is 5.14. The number of amides is 1. The Balaban J connectivity index is 1.65. The molecule has 134 valence electrons. The fourth-order valence-electron chi connectivity index (χ4n) is 2.41. The van der Waals surface area contributed by atoms with E-state index in [4.69, 9.17) is 0 Å². The average Bonchev–Trinajstić information content (AvgIpc) is 3.14. The molecule has 0 fully saturated rings. The fourth-order valence-corrected chi connectivity index (χ4v) is 3.34. The van der Waals surface area contributed by atoms with Crippen LogP contribution in [0.4, 0.5) is 0 Å². The molecule has 2 heterocycles. The van der Waals surface area contributed by atoms with Crippen molar-refractivity contribution in [2.75, 3.05) is 0 Å². The van der Waals surface area contributed by atoms with Crippen LogP contribution in [-0.2, 0) is 11.3 Å². The molecule has 26 heavy (non-hydrogen) atoms. The molecular formula is C19H21N5OS. The minimum Gasteiger partial charge on any atom is -0.351 e. The van der Waals surface area contributed by atoms with Gasteiger partial charge in [-0.15, -0.1) is 5.10 Å². The van der Waals surface area contributed by atoms with Gasteiger partial charge in [0.25, 0.3) is 0 Å². The van der Waals surface area contributed by atoms with Gasteiger partial charge in [0, 0.05) is 18.9 Å². The van der Waals surface area contributed by atoms with Gasteiger partial charge in [-0.25, -0.2) is 9.67 Å². The third-order valence-electron chi connectivity index (χ3n) is 3.78. The summed E-state index contributed by atoms with van der Waals surface area (Å²) in [5.74, 6) is 0.127. The minimum absolute atomic E-state index is 0.0232. The Morgan fingerprint density at radius 2 is 2.00 bits per heavy atom.